The summed E-state index contributed by atoms with van der Waals surface area (Å²) in [6, 6.07) is 0. The zero-order chi connectivity index (χ0) is 12.6. The fraction of sp³-hybridized carbons (Fsp3) is 0.818. The fourth-order valence-electron chi connectivity index (χ4n) is 1.22. The Hall–Kier alpha value is -1.10. The van der Waals surface area contributed by atoms with Gasteiger partial charge in [0.2, 0.25) is 11.8 Å². The summed E-state index contributed by atoms with van der Waals surface area (Å²) in [4.78, 5) is 22.6. The van der Waals surface area contributed by atoms with Crippen LogP contribution in [0.4, 0.5) is 0 Å². The Labute approximate surface area is 97.2 Å². The zero-order valence-electron chi connectivity index (χ0n) is 10.4. The van der Waals surface area contributed by atoms with Crippen molar-refractivity contribution in [1.82, 2.24) is 10.6 Å². The molecule has 2 amide bonds. The number of nitrogens with one attached hydrogen (secondary N) is 2. The molecule has 0 aliphatic carbocycles. The third-order valence-corrected chi connectivity index (χ3v) is 2.44. The third kappa shape index (κ3) is 5.70. The Morgan fingerprint density at radius 3 is 2.25 bits per heavy atom. The maximum atomic E-state index is 11.7. The topological polar surface area (TPSA) is 84.2 Å². The second kappa shape index (κ2) is 7.22. The molecule has 0 aliphatic heterocycles. The van der Waals surface area contributed by atoms with E-state index in [0.29, 0.717) is 32.5 Å². The van der Waals surface area contributed by atoms with Crippen molar-refractivity contribution >= 4 is 11.8 Å². The van der Waals surface area contributed by atoms with Crippen LogP contribution in [0.1, 0.15) is 33.6 Å². The van der Waals surface area contributed by atoms with E-state index in [1.807, 2.05) is 13.8 Å². The highest BCUT2D eigenvalue weighted by molar-refractivity contribution is 5.81. The van der Waals surface area contributed by atoms with Crippen LogP contribution in [0.5, 0.6) is 0 Å². The first-order valence-corrected chi connectivity index (χ1v) is 5.69. The van der Waals surface area contributed by atoms with Crippen LogP contribution < -0.4 is 16.4 Å². The van der Waals surface area contributed by atoms with Gasteiger partial charge in [0.15, 0.2) is 0 Å². The summed E-state index contributed by atoms with van der Waals surface area (Å²) < 4.78 is 0. The molecule has 0 aromatic carbocycles. The monoisotopic (exact) mass is 229 g/mol. The lowest BCUT2D eigenvalue weighted by atomic mass is 9.88. The zero-order valence-corrected chi connectivity index (χ0v) is 10.4. The summed E-state index contributed by atoms with van der Waals surface area (Å²) in [5.41, 5.74) is 4.99. The van der Waals surface area contributed by atoms with Crippen LogP contribution in [0.15, 0.2) is 0 Å². The molecule has 0 fully saturated rings. The number of carbonyl (C=O) groups excluding carboxylic acids is 2. The van der Waals surface area contributed by atoms with Gasteiger partial charge in [0.05, 0.1) is 0 Å². The Morgan fingerprint density at radius 2 is 1.75 bits per heavy atom. The minimum atomic E-state index is -0.441. The lowest BCUT2D eigenvalue weighted by Crippen LogP contribution is -2.41. The molecule has 94 valence electrons. The Morgan fingerprint density at radius 1 is 1.19 bits per heavy atom. The first-order valence-electron chi connectivity index (χ1n) is 5.69. The Kier molecular flexibility index (Phi) is 6.72. The van der Waals surface area contributed by atoms with Crippen molar-refractivity contribution in [2.45, 2.75) is 33.6 Å². The van der Waals surface area contributed by atoms with Crippen molar-refractivity contribution in [1.29, 1.82) is 0 Å². The molecule has 0 aromatic rings. The van der Waals surface area contributed by atoms with E-state index in [9.17, 15) is 9.59 Å². The first kappa shape index (κ1) is 14.9. The van der Waals surface area contributed by atoms with Gasteiger partial charge in [0, 0.05) is 24.9 Å². The van der Waals surface area contributed by atoms with Gasteiger partial charge in [-0.25, -0.2) is 0 Å². The molecule has 0 rings (SSSR count). The highest BCUT2D eigenvalue weighted by atomic mass is 16.2. The summed E-state index contributed by atoms with van der Waals surface area (Å²) in [6.07, 6.45) is 1.12. The SMILES string of the molecule is CCC(=O)NCCNC(=O)C(C)(C)CCN. The van der Waals surface area contributed by atoms with Gasteiger partial charge in [0.25, 0.3) is 0 Å². The van der Waals surface area contributed by atoms with Crippen molar-refractivity contribution in [3.63, 3.8) is 0 Å². The molecule has 5 nitrogen and oxygen atoms in total. The van der Waals surface area contributed by atoms with Crippen LogP contribution in [0.2, 0.25) is 0 Å². The van der Waals surface area contributed by atoms with Gasteiger partial charge in [-0.2, -0.15) is 0 Å². The molecule has 0 atom stereocenters. The van der Waals surface area contributed by atoms with Crippen molar-refractivity contribution in [3.05, 3.63) is 0 Å². The van der Waals surface area contributed by atoms with Crippen LogP contribution >= 0.6 is 0 Å². The quantitative estimate of drug-likeness (QED) is 0.537. The van der Waals surface area contributed by atoms with E-state index in [2.05, 4.69) is 10.6 Å². The number of nitrogens with two attached hydrogens (primary N) is 1. The smallest absolute Gasteiger partial charge is 0.225 e. The molecule has 0 saturated heterocycles. The van der Waals surface area contributed by atoms with Crippen LogP contribution in [-0.4, -0.2) is 31.4 Å². The standard InChI is InChI=1S/C11H23N3O2/c1-4-9(15)13-7-8-14-10(16)11(2,3)5-6-12/h4-8,12H2,1-3H3,(H,13,15)(H,14,16). The van der Waals surface area contributed by atoms with Gasteiger partial charge in [-0.05, 0) is 13.0 Å². The second-order valence-electron chi connectivity index (χ2n) is 4.38. The average Bonchev–Trinajstić information content (AvgIpc) is 2.23. The summed E-state index contributed by atoms with van der Waals surface area (Å²) in [7, 11) is 0. The Balaban J connectivity index is 3.77. The lowest BCUT2D eigenvalue weighted by Gasteiger charge is -2.22. The third-order valence-electron chi connectivity index (χ3n) is 2.44. The number of amides is 2. The summed E-state index contributed by atoms with van der Waals surface area (Å²) >= 11 is 0. The van der Waals surface area contributed by atoms with Crippen LogP contribution in [0, 0.1) is 5.41 Å². The predicted octanol–water partition coefficient (Wildman–Crippen LogP) is 0.00380. The van der Waals surface area contributed by atoms with Crippen molar-refractivity contribution < 1.29 is 9.59 Å². The summed E-state index contributed by atoms with van der Waals surface area (Å²) in [6.45, 7) is 6.93. The molecule has 0 unspecified atom stereocenters. The number of carbonyl (C=O) groups is 2. The molecule has 0 radical (unpaired) electrons. The van der Waals surface area contributed by atoms with Gasteiger partial charge < -0.3 is 16.4 Å². The van der Waals surface area contributed by atoms with Crippen LogP contribution in [0.25, 0.3) is 0 Å². The molecule has 0 bridgehead atoms. The summed E-state index contributed by atoms with van der Waals surface area (Å²) in [5.74, 6) is -0.0286. The highest BCUT2D eigenvalue weighted by Crippen LogP contribution is 2.18. The van der Waals surface area contributed by atoms with Crippen LogP contribution in [0.3, 0.4) is 0 Å². The van der Waals surface area contributed by atoms with Crippen molar-refractivity contribution in [2.75, 3.05) is 19.6 Å². The molecule has 0 aromatic heterocycles. The number of hydrogen-bond acceptors (Lipinski definition) is 3. The van der Waals surface area contributed by atoms with E-state index in [0.717, 1.165) is 0 Å². The van der Waals surface area contributed by atoms with Gasteiger partial charge >= 0.3 is 0 Å². The van der Waals surface area contributed by atoms with Crippen molar-refractivity contribution in [3.8, 4) is 0 Å². The second-order valence-corrected chi connectivity index (χ2v) is 4.38. The van der Waals surface area contributed by atoms with E-state index in [4.69, 9.17) is 5.73 Å². The molecule has 16 heavy (non-hydrogen) atoms. The van der Waals surface area contributed by atoms with Crippen molar-refractivity contribution in [2.24, 2.45) is 11.1 Å². The minimum Gasteiger partial charge on any atom is -0.354 e. The molecule has 0 heterocycles. The van der Waals surface area contributed by atoms with Gasteiger partial charge in [-0.1, -0.05) is 20.8 Å². The largest absolute Gasteiger partial charge is 0.354 e. The normalized spacial score (nSPS) is 11.0. The van der Waals surface area contributed by atoms with Gasteiger partial charge in [0.1, 0.15) is 0 Å². The van der Waals surface area contributed by atoms with E-state index < -0.39 is 5.41 Å². The maximum Gasteiger partial charge on any atom is 0.225 e. The molecular formula is C11H23N3O2. The molecule has 0 aliphatic rings. The van der Waals surface area contributed by atoms with E-state index in [1.165, 1.54) is 0 Å². The molecular weight excluding hydrogens is 206 g/mol. The highest BCUT2D eigenvalue weighted by Gasteiger charge is 2.25. The number of hydrogen-bond donors (Lipinski definition) is 3. The molecule has 0 spiro atoms. The maximum absolute atomic E-state index is 11.7. The minimum absolute atomic E-state index is 0.00420. The molecule has 5 heteroatoms. The lowest BCUT2D eigenvalue weighted by molar-refractivity contribution is -0.129. The van der Waals surface area contributed by atoms with Gasteiger partial charge in [-0.3, -0.25) is 9.59 Å². The van der Waals surface area contributed by atoms with E-state index in [1.54, 1.807) is 6.92 Å². The Bertz CT molecular complexity index is 239. The van der Waals surface area contributed by atoms with E-state index in [-0.39, 0.29) is 11.8 Å². The predicted molar refractivity (Wildman–Crippen MR) is 63.8 cm³/mol. The fourth-order valence-corrected chi connectivity index (χ4v) is 1.22. The van der Waals surface area contributed by atoms with Gasteiger partial charge in [-0.15, -0.1) is 0 Å². The van der Waals surface area contributed by atoms with Crippen LogP contribution in [-0.2, 0) is 9.59 Å². The number of rotatable bonds is 7. The van der Waals surface area contributed by atoms with E-state index >= 15 is 0 Å². The average molecular weight is 229 g/mol. The first-order chi connectivity index (χ1) is 7.44. The summed E-state index contributed by atoms with van der Waals surface area (Å²) in [5, 5.41) is 5.47. The molecule has 4 N–H and O–H groups in total. The molecule has 0 saturated carbocycles.